The molecule has 0 saturated heterocycles. The number of pyridine rings is 1. The zero-order valence-corrected chi connectivity index (χ0v) is 8.03. The van der Waals surface area contributed by atoms with E-state index in [0.717, 1.165) is 5.69 Å². The van der Waals surface area contributed by atoms with Gasteiger partial charge in [-0.15, -0.1) is 0 Å². The van der Waals surface area contributed by atoms with Gasteiger partial charge in [0.15, 0.2) is 5.75 Å². The Morgan fingerprint density at radius 1 is 1.46 bits per heavy atom. The molecule has 0 fully saturated rings. The predicted molar refractivity (Wildman–Crippen MR) is 48.9 cm³/mol. The summed E-state index contributed by atoms with van der Waals surface area (Å²) in [5, 5.41) is 0. The minimum absolute atomic E-state index is 0.118. The summed E-state index contributed by atoms with van der Waals surface area (Å²) >= 11 is 0. The van der Waals surface area contributed by atoms with Crippen molar-refractivity contribution < 1.29 is 9.47 Å². The van der Waals surface area contributed by atoms with Gasteiger partial charge in [-0.1, -0.05) is 0 Å². The van der Waals surface area contributed by atoms with Gasteiger partial charge < -0.3 is 14.0 Å². The van der Waals surface area contributed by atoms with Crippen molar-refractivity contribution in [3.63, 3.8) is 0 Å². The largest absolute Gasteiger partial charge is 0.491 e. The van der Waals surface area contributed by atoms with E-state index >= 15 is 0 Å². The molecule has 0 aliphatic heterocycles. The van der Waals surface area contributed by atoms with E-state index in [0.29, 0.717) is 12.4 Å². The lowest BCUT2D eigenvalue weighted by Gasteiger charge is -2.08. The third-order valence-corrected chi connectivity index (χ3v) is 1.82. The highest BCUT2D eigenvalue weighted by molar-refractivity contribution is 5.21. The van der Waals surface area contributed by atoms with E-state index in [-0.39, 0.29) is 5.43 Å². The van der Waals surface area contributed by atoms with E-state index in [1.807, 2.05) is 11.6 Å². The molecule has 1 aromatic rings. The Bertz CT molecular complexity index is 343. The van der Waals surface area contributed by atoms with Gasteiger partial charge in [-0.05, 0) is 0 Å². The first-order valence-electron chi connectivity index (χ1n) is 3.91. The quantitative estimate of drug-likeness (QED) is 0.686. The standard InChI is InChI=1S/C9H13NO3/c1-10-5-9(13-3)8(11)4-7(10)6-12-2/h4-5H,6H2,1-3H3. The van der Waals surface area contributed by atoms with Crippen LogP contribution in [0, 0.1) is 0 Å². The molecule has 1 aromatic heterocycles. The summed E-state index contributed by atoms with van der Waals surface area (Å²) in [5.41, 5.74) is 0.709. The van der Waals surface area contributed by atoms with Crippen molar-refractivity contribution in [1.29, 1.82) is 0 Å². The topological polar surface area (TPSA) is 40.5 Å². The summed E-state index contributed by atoms with van der Waals surface area (Å²) in [6.07, 6.45) is 1.65. The Labute approximate surface area is 76.7 Å². The van der Waals surface area contributed by atoms with Crippen LogP contribution in [0.15, 0.2) is 17.1 Å². The minimum atomic E-state index is -0.118. The van der Waals surface area contributed by atoms with Gasteiger partial charge in [-0.2, -0.15) is 0 Å². The Morgan fingerprint density at radius 3 is 2.69 bits per heavy atom. The smallest absolute Gasteiger partial charge is 0.223 e. The first-order chi connectivity index (χ1) is 6.19. The van der Waals surface area contributed by atoms with Crippen molar-refractivity contribution in [2.24, 2.45) is 7.05 Å². The normalized spacial score (nSPS) is 10.1. The molecule has 0 N–H and O–H groups in total. The maximum absolute atomic E-state index is 11.3. The van der Waals surface area contributed by atoms with Crippen LogP contribution in [0.5, 0.6) is 5.75 Å². The molecule has 0 saturated carbocycles. The molecule has 0 aromatic carbocycles. The summed E-state index contributed by atoms with van der Waals surface area (Å²) in [6, 6.07) is 1.52. The monoisotopic (exact) mass is 183 g/mol. The second-order valence-electron chi connectivity index (χ2n) is 2.74. The first-order valence-corrected chi connectivity index (χ1v) is 3.91. The zero-order chi connectivity index (χ0) is 9.84. The summed E-state index contributed by atoms with van der Waals surface area (Å²) in [4.78, 5) is 11.3. The summed E-state index contributed by atoms with van der Waals surface area (Å²) in [6.45, 7) is 0.426. The van der Waals surface area contributed by atoms with Crippen LogP contribution < -0.4 is 10.2 Å². The average Bonchev–Trinajstić information content (AvgIpc) is 2.11. The van der Waals surface area contributed by atoms with Gasteiger partial charge in [0.1, 0.15) is 0 Å². The highest BCUT2D eigenvalue weighted by atomic mass is 16.5. The van der Waals surface area contributed by atoms with E-state index in [4.69, 9.17) is 9.47 Å². The maximum Gasteiger partial charge on any atom is 0.223 e. The second kappa shape index (κ2) is 4.09. The van der Waals surface area contributed by atoms with Gasteiger partial charge in [0, 0.05) is 25.9 Å². The molecule has 0 spiro atoms. The van der Waals surface area contributed by atoms with Crippen molar-refractivity contribution in [2.75, 3.05) is 14.2 Å². The van der Waals surface area contributed by atoms with Crippen molar-refractivity contribution in [2.45, 2.75) is 6.61 Å². The molecule has 1 heterocycles. The fourth-order valence-corrected chi connectivity index (χ4v) is 1.09. The van der Waals surface area contributed by atoms with E-state index < -0.39 is 0 Å². The van der Waals surface area contributed by atoms with Crippen molar-refractivity contribution in [1.82, 2.24) is 4.57 Å². The van der Waals surface area contributed by atoms with E-state index in [1.165, 1.54) is 13.2 Å². The molecule has 1 rings (SSSR count). The van der Waals surface area contributed by atoms with Gasteiger partial charge >= 0.3 is 0 Å². The average molecular weight is 183 g/mol. The van der Waals surface area contributed by atoms with Gasteiger partial charge in [-0.3, -0.25) is 4.79 Å². The Kier molecular flexibility index (Phi) is 3.08. The number of hydrogen-bond acceptors (Lipinski definition) is 3. The minimum Gasteiger partial charge on any atom is -0.491 e. The Balaban J connectivity index is 3.13. The molecule has 0 aliphatic carbocycles. The highest BCUT2D eigenvalue weighted by Crippen LogP contribution is 2.04. The number of ether oxygens (including phenoxy) is 2. The summed E-state index contributed by atoms with van der Waals surface area (Å²) in [5.74, 6) is 0.349. The fourth-order valence-electron chi connectivity index (χ4n) is 1.09. The number of methoxy groups -OCH3 is 2. The van der Waals surface area contributed by atoms with Crippen LogP contribution in [-0.2, 0) is 18.4 Å². The molecule has 0 bridgehead atoms. The fraction of sp³-hybridized carbons (Fsp3) is 0.444. The van der Waals surface area contributed by atoms with Crippen LogP contribution in [0.3, 0.4) is 0 Å². The lowest BCUT2D eigenvalue weighted by molar-refractivity contribution is 0.178. The molecule has 0 atom stereocenters. The summed E-state index contributed by atoms with van der Waals surface area (Å²) < 4.78 is 11.6. The van der Waals surface area contributed by atoms with Crippen LogP contribution >= 0.6 is 0 Å². The molecule has 13 heavy (non-hydrogen) atoms. The van der Waals surface area contributed by atoms with Crippen molar-refractivity contribution in [3.8, 4) is 5.75 Å². The second-order valence-corrected chi connectivity index (χ2v) is 2.74. The summed E-state index contributed by atoms with van der Waals surface area (Å²) in [7, 11) is 4.91. The SMILES string of the molecule is COCc1cc(=O)c(OC)cn1C. The number of aromatic nitrogens is 1. The van der Waals surface area contributed by atoms with Crippen LogP contribution in [0.1, 0.15) is 5.69 Å². The molecule has 4 heteroatoms. The van der Waals surface area contributed by atoms with E-state index in [9.17, 15) is 4.79 Å². The van der Waals surface area contributed by atoms with Crippen LogP contribution in [0.2, 0.25) is 0 Å². The molecular formula is C9H13NO3. The third-order valence-electron chi connectivity index (χ3n) is 1.82. The lowest BCUT2D eigenvalue weighted by Crippen LogP contribution is -2.12. The maximum atomic E-state index is 11.3. The van der Waals surface area contributed by atoms with Gasteiger partial charge in [0.25, 0.3) is 0 Å². The molecule has 4 nitrogen and oxygen atoms in total. The van der Waals surface area contributed by atoms with Crippen LogP contribution in [-0.4, -0.2) is 18.8 Å². The number of nitrogens with zero attached hydrogens (tertiary/aromatic N) is 1. The van der Waals surface area contributed by atoms with Crippen molar-refractivity contribution >= 4 is 0 Å². The Morgan fingerprint density at radius 2 is 2.15 bits per heavy atom. The zero-order valence-electron chi connectivity index (χ0n) is 8.03. The number of hydrogen-bond donors (Lipinski definition) is 0. The van der Waals surface area contributed by atoms with Gasteiger partial charge in [0.2, 0.25) is 5.43 Å². The first kappa shape index (κ1) is 9.80. The van der Waals surface area contributed by atoms with Crippen LogP contribution in [0.4, 0.5) is 0 Å². The predicted octanol–water partition coefficient (Wildman–Crippen LogP) is 0.540. The van der Waals surface area contributed by atoms with Crippen molar-refractivity contribution in [3.05, 3.63) is 28.2 Å². The third kappa shape index (κ3) is 2.09. The molecule has 0 unspecified atom stereocenters. The van der Waals surface area contributed by atoms with E-state index in [1.54, 1.807) is 13.3 Å². The Hall–Kier alpha value is -1.29. The molecule has 0 radical (unpaired) electrons. The van der Waals surface area contributed by atoms with Crippen LogP contribution in [0.25, 0.3) is 0 Å². The van der Waals surface area contributed by atoms with Gasteiger partial charge in [0.05, 0.1) is 19.9 Å². The molecule has 0 aliphatic rings. The van der Waals surface area contributed by atoms with Gasteiger partial charge in [-0.25, -0.2) is 0 Å². The lowest BCUT2D eigenvalue weighted by atomic mass is 10.3. The number of aryl methyl sites for hydroxylation is 1. The van der Waals surface area contributed by atoms with E-state index in [2.05, 4.69) is 0 Å². The molecule has 0 amide bonds. The number of rotatable bonds is 3. The molecular weight excluding hydrogens is 170 g/mol. The molecule has 72 valence electrons. The highest BCUT2D eigenvalue weighted by Gasteiger charge is 2.03.